The zero-order valence-corrected chi connectivity index (χ0v) is 11.2. The van der Waals surface area contributed by atoms with Crippen molar-refractivity contribution in [2.45, 2.75) is 26.3 Å². The van der Waals surface area contributed by atoms with Crippen LogP contribution in [0.25, 0.3) is 0 Å². The lowest BCUT2D eigenvalue weighted by atomic mass is 9.99. The number of aliphatic carboxylic acids is 1. The molecule has 0 aliphatic carbocycles. The van der Waals surface area contributed by atoms with Gasteiger partial charge in [-0.15, -0.1) is 0 Å². The Hall–Kier alpha value is -1.36. The van der Waals surface area contributed by atoms with E-state index in [4.69, 9.17) is 5.11 Å². The maximum absolute atomic E-state index is 11.1. The zero-order chi connectivity index (χ0) is 13.0. The number of hydrogen-bond donors (Lipinski definition) is 2. The molecular weight excluding hydrogens is 286 g/mol. The van der Waals surface area contributed by atoms with Gasteiger partial charge in [-0.2, -0.15) is 0 Å². The highest BCUT2D eigenvalue weighted by Crippen LogP contribution is 2.24. The molecule has 0 spiro atoms. The second kappa shape index (κ2) is 5.82. The predicted octanol–water partition coefficient (Wildman–Crippen LogP) is 2.41. The smallest absolute Gasteiger partial charge is 0.305 e. The van der Waals surface area contributed by atoms with E-state index in [0.717, 1.165) is 15.6 Å². The van der Waals surface area contributed by atoms with E-state index in [9.17, 15) is 9.59 Å². The number of rotatable bonds is 4. The van der Waals surface area contributed by atoms with Gasteiger partial charge in [0.1, 0.15) is 0 Å². The first kappa shape index (κ1) is 13.7. The molecule has 1 unspecified atom stereocenters. The number of amides is 1. The molecule has 0 fully saturated rings. The highest BCUT2D eigenvalue weighted by atomic mass is 79.9. The maximum atomic E-state index is 11.1. The van der Waals surface area contributed by atoms with E-state index in [-0.39, 0.29) is 12.3 Å². The van der Waals surface area contributed by atoms with Crippen LogP contribution in [0.5, 0.6) is 0 Å². The van der Waals surface area contributed by atoms with Crippen LogP contribution in [-0.4, -0.2) is 17.0 Å². The molecule has 0 bridgehead atoms. The van der Waals surface area contributed by atoms with Gasteiger partial charge in [0.25, 0.3) is 0 Å². The number of benzene rings is 1. The summed E-state index contributed by atoms with van der Waals surface area (Å²) in [5, 5.41) is 11.5. The average molecular weight is 300 g/mol. The molecular formula is C12H14BrNO3. The first-order valence-corrected chi connectivity index (χ1v) is 5.94. The minimum absolute atomic E-state index is 0.128. The van der Waals surface area contributed by atoms with E-state index in [1.165, 1.54) is 6.92 Å². The van der Waals surface area contributed by atoms with E-state index in [1.54, 1.807) is 0 Å². The Morgan fingerprint density at radius 3 is 2.65 bits per heavy atom. The quantitative estimate of drug-likeness (QED) is 0.897. The summed E-state index contributed by atoms with van der Waals surface area (Å²) in [5.74, 6) is -1.18. The Morgan fingerprint density at radius 1 is 1.47 bits per heavy atom. The average Bonchev–Trinajstić information content (AvgIpc) is 2.19. The Morgan fingerprint density at radius 2 is 2.12 bits per heavy atom. The van der Waals surface area contributed by atoms with E-state index < -0.39 is 12.0 Å². The van der Waals surface area contributed by atoms with Crippen molar-refractivity contribution in [3.63, 3.8) is 0 Å². The van der Waals surface area contributed by atoms with Crippen LogP contribution in [0.15, 0.2) is 22.7 Å². The van der Waals surface area contributed by atoms with Crippen LogP contribution in [0, 0.1) is 6.92 Å². The number of aryl methyl sites for hydroxylation is 1. The number of halogens is 1. The van der Waals surface area contributed by atoms with Gasteiger partial charge in [0.2, 0.25) is 5.91 Å². The monoisotopic (exact) mass is 299 g/mol. The minimum Gasteiger partial charge on any atom is -0.481 e. The molecule has 1 rings (SSSR count). The van der Waals surface area contributed by atoms with Gasteiger partial charge in [0, 0.05) is 11.4 Å². The van der Waals surface area contributed by atoms with Crippen LogP contribution in [-0.2, 0) is 9.59 Å². The van der Waals surface area contributed by atoms with Gasteiger partial charge in [-0.05, 0) is 30.2 Å². The summed E-state index contributed by atoms with van der Waals surface area (Å²) in [6.07, 6.45) is -0.128. The van der Waals surface area contributed by atoms with Crippen LogP contribution in [0.2, 0.25) is 0 Å². The lowest BCUT2D eigenvalue weighted by Gasteiger charge is -2.18. The summed E-state index contributed by atoms with van der Waals surface area (Å²) in [6, 6.07) is 5.10. The molecule has 0 saturated carbocycles. The van der Waals surface area contributed by atoms with Gasteiger partial charge in [0.15, 0.2) is 0 Å². The van der Waals surface area contributed by atoms with Crippen LogP contribution >= 0.6 is 15.9 Å². The lowest BCUT2D eigenvalue weighted by molar-refractivity contribution is -0.137. The second-order valence-electron chi connectivity index (χ2n) is 3.85. The molecule has 1 atom stereocenters. The van der Waals surface area contributed by atoms with Crippen LogP contribution < -0.4 is 5.32 Å². The summed E-state index contributed by atoms with van der Waals surface area (Å²) >= 11 is 3.34. The van der Waals surface area contributed by atoms with Crippen molar-refractivity contribution in [2.75, 3.05) is 0 Å². The third kappa shape index (κ3) is 4.19. The Kier molecular flexibility index (Phi) is 4.69. The number of carboxylic acid groups (broad SMARTS) is 1. The molecule has 1 amide bonds. The molecule has 92 valence electrons. The summed E-state index contributed by atoms with van der Waals surface area (Å²) in [7, 11) is 0. The van der Waals surface area contributed by atoms with Gasteiger partial charge < -0.3 is 10.4 Å². The van der Waals surface area contributed by atoms with Gasteiger partial charge in [-0.3, -0.25) is 9.59 Å². The standard InChI is InChI=1S/C12H14BrNO3/c1-7-3-4-9(13)5-10(7)11(6-12(16)17)14-8(2)15/h3-5,11H,6H2,1-2H3,(H,14,15)(H,16,17). The fourth-order valence-corrected chi connectivity index (χ4v) is 2.02. The summed E-state index contributed by atoms with van der Waals surface area (Å²) < 4.78 is 0.860. The molecule has 5 heteroatoms. The first-order chi connectivity index (χ1) is 7.90. The van der Waals surface area contributed by atoms with Gasteiger partial charge in [-0.25, -0.2) is 0 Å². The fraction of sp³-hybridized carbons (Fsp3) is 0.333. The predicted molar refractivity (Wildman–Crippen MR) is 67.7 cm³/mol. The molecule has 0 heterocycles. The van der Waals surface area contributed by atoms with E-state index in [0.29, 0.717) is 0 Å². The number of hydrogen-bond acceptors (Lipinski definition) is 2. The molecule has 0 aromatic heterocycles. The second-order valence-corrected chi connectivity index (χ2v) is 4.77. The lowest BCUT2D eigenvalue weighted by Crippen LogP contribution is -2.28. The largest absolute Gasteiger partial charge is 0.481 e. The maximum Gasteiger partial charge on any atom is 0.305 e. The Bertz CT molecular complexity index is 429. The van der Waals surface area contributed by atoms with Crippen LogP contribution in [0.3, 0.4) is 0 Å². The van der Waals surface area contributed by atoms with Crippen molar-refractivity contribution in [3.05, 3.63) is 33.8 Å². The van der Waals surface area contributed by atoms with Gasteiger partial charge in [-0.1, -0.05) is 22.0 Å². The molecule has 0 aliphatic heterocycles. The first-order valence-electron chi connectivity index (χ1n) is 5.15. The zero-order valence-electron chi connectivity index (χ0n) is 9.66. The topological polar surface area (TPSA) is 66.4 Å². The number of carboxylic acids is 1. The van der Waals surface area contributed by atoms with Crippen molar-refractivity contribution in [3.8, 4) is 0 Å². The van der Waals surface area contributed by atoms with Crippen LogP contribution in [0.1, 0.15) is 30.5 Å². The van der Waals surface area contributed by atoms with Crippen LogP contribution in [0.4, 0.5) is 0 Å². The summed E-state index contributed by atoms with van der Waals surface area (Å²) in [5.41, 5.74) is 1.77. The molecule has 0 radical (unpaired) electrons. The summed E-state index contributed by atoms with van der Waals surface area (Å²) in [4.78, 5) is 21.9. The third-order valence-corrected chi connectivity index (χ3v) is 2.87. The number of nitrogens with one attached hydrogen (secondary N) is 1. The fourth-order valence-electron chi connectivity index (χ4n) is 1.65. The van der Waals surface area contributed by atoms with E-state index >= 15 is 0 Å². The Balaban J connectivity index is 3.06. The summed E-state index contributed by atoms with van der Waals surface area (Å²) in [6.45, 7) is 3.26. The number of carbonyl (C=O) groups is 2. The van der Waals surface area contributed by atoms with Crippen molar-refractivity contribution in [1.82, 2.24) is 5.32 Å². The van der Waals surface area contributed by atoms with Gasteiger partial charge >= 0.3 is 5.97 Å². The van der Waals surface area contributed by atoms with Crippen molar-refractivity contribution in [2.24, 2.45) is 0 Å². The molecule has 1 aromatic carbocycles. The highest BCUT2D eigenvalue weighted by molar-refractivity contribution is 9.10. The number of carbonyl (C=O) groups excluding carboxylic acids is 1. The van der Waals surface area contributed by atoms with Crippen molar-refractivity contribution in [1.29, 1.82) is 0 Å². The molecule has 1 aromatic rings. The van der Waals surface area contributed by atoms with Crippen molar-refractivity contribution >= 4 is 27.8 Å². The molecule has 0 aliphatic rings. The third-order valence-electron chi connectivity index (χ3n) is 2.37. The minimum atomic E-state index is -0.942. The van der Waals surface area contributed by atoms with Gasteiger partial charge in [0.05, 0.1) is 12.5 Å². The molecule has 2 N–H and O–H groups in total. The van der Waals surface area contributed by atoms with E-state index in [1.807, 2.05) is 25.1 Å². The van der Waals surface area contributed by atoms with Crippen molar-refractivity contribution < 1.29 is 14.7 Å². The van der Waals surface area contributed by atoms with E-state index in [2.05, 4.69) is 21.2 Å². The normalized spacial score (nSPS) is 11.9. The molecule has 0 saturated heterocycles. The molecule has 4 nitrogen and oxygen atoms in total. The highest BCUT2D eigenvalue weighted by Gasteiger charge is 2.18. The SMILES string of the molecule is CC(=O)NC(CC(=O)O)c1cc(Br)ccc1C. The Labute approximate surface area is 108 Å². The molecule has 17 heavy (non-hydrogen) atoms.